The third kappa shape index (κ3) is 4.87. The summed E-state index contributed by atoms with van der Waals surface area (Å²) in [5, 5.41) is 0. The van der Waals surface area contributed by atoms with Crippen molar-refractivity contribution in [1.82, 2.24) is 4.72 Å². The molecule has 1 aromatic carbocycles. The number of benzene rings is 1. The fraction of sp³-hybridized carbons (Fsp3) is 0.455. The number of hydrogen-bond acceptors (Lipinski definition) is 5. The van der Waals surface area contributed by atoms with Gasteiger partial charge in [-0.1, -0.05) is 0 Å². The predicted molar refractivity (Wildman–Crippen MR) is 75.6 cm³/mol. The smallest absolute Gasteiger partial charge is 0.241 e. The van der Waals surface area contributed by atoms with Gasteiger partial charge in [-0.3, -0.25) is 0 Å². The number of hydrogen-bond donors (Lipinski definition) is 2. The quantitative estimate of drug-likeness (QED) is 0.809. The monoisotopic (exact) mass is 310 g/mol. The van der Waals surface area contributed by atoms with Crippen molar-refractivity contribution in [3.8, 4) is 11.5 Å². The standard InChI is InChI=1S/C11H18N2O4S.ClH/c1-8(7-12)13-18(14,15)11-5-9(16-2)4-10(6-11)17-3;/h4-6,8,13H,7,12H2,1-3H3;1H/t8-;/m0./s1. The van der Waals surface area contributed by atoms with E-state index < -0.39 is 10.0 Å². The van der Waals surface area contributed by atoms with Crippen LogP contribution in [0.5, 0.6) is 11.5 Å². The van der Waals surface area contributed by atoms with Gasteiger partial charge in [0, 0.05) is 30.8 Å². The molecule has 0 aliphatic rings. The van der Waals surface area contributed by atoms with Crippen LogP contribution in [0.25, 0.3) is 0 Å². The van der Waals surface area contributed by atoms with Crippen molar-refractivity contribution in [3.63, 3.8) is 0 Å². The molecule has 0 bridgehead atoms. The van der Waals surface area contributed by atoms with Crippen LogP contribution in [0.1, 0.15) is 6.92 Å². The lowest BCUT2D eigenvalue weighted by Gasteiger charge is -2.13. The molecule has 0 aliphatic heterocycles. The summed E-state index contributed by atoms with van der Waals surface area (Å²) in [5.74, 6) is 0.824. The molecule has 1 aromatic rings. The lowest BCUT2D eigenvalue weighted by atomic mass is 10.3. The Morgan fingerprint density at radius 1 is 1.21 bits per heavy atom. The van der Waals surface area contributed by atoms with E-state index in [1.807, 2.05) is 0 Å². The van der Waals surface area contributed by atoms with Crippen LogP contribution < -0.4 is 19.9 Å². The number of ether oxygens (including phenoxy) is 2. The van der Waals surface area contributed by atoms with Crippen LogP contribution in [-0.2, 0) is 10.0 Å². The van der Waals surface area contributed by atoms with E-state index in [0.29, 0.717) is 11.5 Å². The molecule has 1 rings (SSSR count). The van der Waals surface area contributed by atoms with Gasteiger partial charge in [-0.05, 0) is 6.92 Å². The molecule has 19 heavy (non-hydrogen) atoms. The maximum absolute atomic E-state index is 12.1. The summed E-state index contributed by atoms with van der Waals surface area (Å²) in [6, 6.07) is 4.11. The van der Waals surface area contributed by atoms with Crippen molar-refractivity contribution >= 4 is 22.4 Å². The first-order valence-electron chi connectivity index (χ1n) is 5.38. The van der Waals surface area contributed by atoms with E-state index in [-0.39, 0.29) is 29.9 Å². The molecule has 0 amide bonds. The fourth-order valence-electron chi connectivity index (χ4n) is 1.32. The van der Waals surface area contributed by atoms with Crippen LogP contribution in [0.4, 0.5) is 0 Å². The van der Waals surface area contributed by atoms with E-state index >= 15 is 0 Å². The molecule has 8 heteroatoms. The molecule has 0 fully saturated rings. The van der Waals surface area contributed by atoms with Gasteiger partial charge in [-0.15, -0.1) is 12.4 Å². The van der Waals surface area contributed by atoms with Crippen LogP contribution >= 0.6 is 12.4 Å². The fourth-order valence-corrected chi connectivity index (χ4v) is 2.62. The zero-order chi connectivity index (χ0) is 13.8. The highest BCUT2D eigenvalue weighted by Crippen LogP contribution is 2.25. The molecule has 0 spiro atoms. The number of rotatable bonds is 6. The van der Waals surface area contributed by atoms with E-state index in [1.165, 1.54) is 26.4 Å². The van der Waals surface area contributed by atoms with Crippen molar-refractivity contribution in [3.05, 3.63) is 18.2 Å². The summed E-state index contributed by atoms with van der Waals surface area (Å²) >= 11 is 0. The second kappa shape index (κ2) is 7.54. The molecule has 0 saturated carbocycles. The summed E-state index contributed by atoms with van der Waals surface area (Å²) < 4.78 is 36.6. The number of nitrogens with one attached hydrogen (secondary N) is 1. The Morgan fingerprint density at radius 3 is 2.05 bits per heavy atom. The average Bonchev–Trinajstić information content (AvgIpc) is 2.37. The molecule has 6 nitrogen and oxygen atoms in total. The summed E-state index contributed by atoms with van der Waals surface area (Å²) in [6.07, 6.45) is 0. The Morgan fingerprint density at radius 2 is 1.68 bits per heavy atom. The number of methoxy groups -OCH3 is 2. The van der Waals surface area contributed by atoms with Gasteiger partial charge in [0.2, 0.25) is 10.0 Å². The van der Waals surface area contributed by atoms with Gasteiger partial charge < -0.3 is 15.2 Å². The van der Waals surface area contributed by atoms with Gasteiger partial charge in [0.05, 0.1) is 19.1 Å². The third-order valence-corrected chi connectivity index (χ3v) is 3.91. The summed E-state index contributed by atoms with van der Waals surface area (Å²) in [7, 11) is -0.708. The van der Waals surface area contributed by atoms with E-state index in [2.05, 4.69) is 4.72 Å². The molecule has 110 valence electrons. The molecule has 3 N–H and O–H groups in total. The maximum Gasteiger partial charge on any atom is 0.241 e. The van der Waals surface area contributed by atoms with Crippen LogP contribution in [0.2, 0.25) is 0 Å². The van der Waals surface area contributed by atoms with Gasteiger partial charge >= 0.3 is 0 Å². The van der Waals surface area contributed by atoms with Gasteiger partial charge in [-0.25, -0.2) is 13.1 Å². The Kier molecular flexibility index (Phi) is 7.14. The Balaban J connectivity index is 0.00000324. The summed E-state index contributed by atoms with van der Waals surface area (Å²) in [5.41, 5.74) is 5.39. The Bertz CT molecular complexity index is 485. The molecule has 0 saturated heterocycles. The van der Waals surface area contributed by atoms with Crippen molar-refractivity contribution in [2.45, 2.75) is 17.9 Å². The first-order valence-corrected chi connectivity index (χ1v) is 6.86. The van der Waals surface area contributed by atoms with Gasteiger partial charge in [-0.2, -0.15) is 0 Å². The van der Waals surface area contributed by atoms with Crippen molar-refractivity contribution < 1.29 is 17.9 Å². The minimum absolute atomic E-state index is 0. The Labute approximate surface area is 119 Å². The van der Waals surface area contributed by atoms with E-state index in [1.54, 1.807) is 13.0 Å². The predicted octanol–water partition coefficient (Wildman–Crippen LogP) is 0.751. The maximum atomic E-state index is 12.1. The first-order chi connectivity index (χ1) is 8.42. The van der Waals surface area contributed by atoms with Crippen LogP contribution in [0, 0.1) is 0 Å². The van der Waals surface area contributed by atoms with Crippen LogP contribution in [0.15, 0.2) is 23.1 Å². The molecule has 0 aliphatic carbocycles. The molecule has 0 radical (unpaired) electrons. The average molecular weight is 311 g/mol. The van der Waals surface area contributed by atoms with Crippen molar-refractivity contribution in [1.29, 1.82) is 0 Å². The van der Waals surface area contributed by atoms with E-state index in [0.717, 1.165) is 0 Å². The minimum atomic E-state index is -3.63. The highest BCUT2D eigenvalue weighted by molar-refractivity contribution is 7.89. The largest absolute Gasteiger partial charge is 0.497 e. The third-order valence-electron chi connectivity index (χ3n) is 2.35. The zero-order valence-corrected chi connectivity index (χ0v) is 12.7. The first kappa shape index (κ1) is 18.0. The summed E-state index contributed by atoms with van der Waals surface area (Å²) in [4.78, 5) is 0.0824. The molecular formula is C11H19ClN2O4S. The normalized spacial score (nSPS) is 12.4. The Hall–Kier alpha value is -1.02. The van der Waals surface area contributed by atoms with E-state index in [4.69, 9.17) is 15.2 Å². The second-order valence-corrected chi connectivity index (χ2v) is 5.52. The van der Waals surface area contributed by atoms with E-state index in [9.17, 15) is 8.42 Å². The lowest BCUT2D eigenvalue weighted by molar-refractivity contribution is 0.392. The molecule has 0 unspecified atom stereocenters. The highest BCUT2D eigenvalue weighted by Gasteiger charge is 2.18. The molecule has 0 heterocycles. The zero-order valence-electron chi connectivity index (χ0n) is 11.0. The molecule has 1 atom stereocenters. The van der Waals surface area contributed by atoms with Crippen molar-refractivity contribution in [2.75, 3.05) is 20.8 Å². The van der Waals surface area contributed by atoms with Gasteiger partial charge in [0.1, 0.15) is 11.5 Å². The second-order valence-electron chi connectivity index (χ2n) is 3.81. The number of sulfonamides is 1. The topological polar surface area (TPSA) is 90.6 Å². The van der Waals surface area contributed by atoms with Gasteiger partial charge in [0.15, 0.2) is 0 Å². The lowest BCUT2D eigenvalue weighted by Crippen LogP contribution is -2.37. The highest BCUT2D eigenvalue weighted by atomic mass is 35.5. The number of nitrogens with two attached hydrogens (primary N) is 1. The molecule has 0 aromatic heterocycles. The SMILES string of the molecule is COc1cc(OC)cc(S(=O)(=O)N[C@@H](C)CN)c1.Cl. The summed E-state index contributed by atoms with van der Waals surface area (Å²) in [6.45, 7) is 1.91. The minimum Gasteiger partial charge on any atom is -0.497 e. The molecular weight excluding hydrogens is 292 g/mol. The number of halogens is 1. The van der Waals surface area contributed by atoms with Gasteiger partial charge in [0.25, 0.3) is 0 Å². The van der Waals surface area contributed by atoms with Crippen LogP contribution in [0.3, 0.4) is 0 Å². The van der Waals surface area contributed by atoms with Crippen molar-refractivity contribution in [2.24, 2.45) is 5.73 Å². The van der Waals surface area contributed by atoms with Crippen LogP contribution in [-0.4, -0.2) is 35.2 Å².